The number of hydrogen-bond donors (Lipinski definition) is 0. The van der Waals surface area contributed by atoms with E-state index >= 15 is 0 Å². The monoisotopic (exact) mass is 206 g/mol. The third kappa shape index (κ3) is 3.46. The van der Waals surface area contributed by atoms with E-state index in [4.69, 9.17) is 4.74 Å². The van der Waals surface area contributed by atoms with Gasteiger partial charge < -0.3 is 9.47 Å². The van der Waals surface area contributed by atoms with Crippen molar-refractivity contribution < 1.29 is 14.3 Å². The Morgan fingerprint density at radius 1 is 1.33 bits per heavy atom. The highest BCUT2D eigenvalue weighted by molar-refractivity contribution is 5.60. The Hall–Kier alpha value is -1.77. The largest absolute Gasteiger partial charge is 0.508 e. The van der Waals surface area contributed by atoms with Crippen LogP contribution >= 0.6 is 0 Å². The zero-order valence-corrected chi connectivity index (χ0v) is 8.84. The minimum atomic E-state index is -0.679. The van der Waals surface area contributed by atoms with Crippen molar-refractivity contribution in [2.75, 3.05) is 7.11 Å². The lowest BCUT2D eigenvalue weighted by atomic mass is 10.1. The smallest absolute Gasteiger partial charge is 0.438 e. The Kier molecular flexibility index (Phi) is 4.41. The lowest BCUT2D eigenvalue weighted by Gasteiger charge is -2.13. The molecule has 1 rings (SSSR count). The van der Waals surface area contributed by atoms with Crippen molar-refractivity contribution >= 4 is 6.16 Å². The summed E-state index contributed by atoms with van der Waals surface area (Å²) in [5.41, 5.74) is 0.918. The van der Waals surface area contributed by atoms with Gasteiger partial charge in [-0.3, -0.25) is 0 Å². The third-order valence-corrected chi connectivity index (χ3v) is 1.89. The summed E-state index contributed by atoms with van der Waals surface area (Å²) in [6.45, 7) is 1.87. The van der Waals surface area contributed by atoms with Crippen molar-refractivity contribution in [3.05, 3.63) is 48.0 Å². The molecular formula is C12H14O3. The fraction of sp³-hybridized carbons (Fsp3) is 0.250. The number of allylic oxidation sites excluding steroid dienone is 1. The van der Waals surface area contributed by atoms with Crippen molar-refractivity contribution in [2.24, 2.45) is 0 Å². The highest BCUT2D eigenvalue weighted by Gasteiger charge is 2.12. The summed E-state index contributed by atoms with van der Waals surface area (Å²) in [7, 11) is 1.29. The van der Waals surface area contributed by atoms with Gasteiger partial charge in [0.25, 0.3) is 0 Å². The molecule has 0 amide bonds. The quantitative estimate of drug-likeness (QED) is 0.563. The predicted molar refractivity (Wildman–Crippen MR) is 57.5 cm³/mol. The Balaban J connectivity index is 2.79. The summed E-state index contributed by atoms with van der Waals surface area (Å²) < 4.78 is 9.53. The van der Waals surface area contributed by atoms with Gasteiger partial charge >= 0.3 is 6.16 Å². The Morgan fingerprint density at radius 2 is 2.00 bits per heavy atom. The number of methoxy groups -OCH3 is 1. The van der Waals surface area contributed by atoms with E-state index in [-0.39, 0.29) is 6.10 Å². The summed E-state index contributed by atoms with van der Waals surface area (Å²) in [4.78, 5) is 11.0. The molecule has 1 aromatic rings. The van der Waals surface area contributed by atoms with Gasteiger partial charge in [-0.2, -0.15) is 0 Å². The number of rotatable bonds is 3. The molecular weight excluding hydrogens is 192 g/mol. The Morgan fingerprint density at radius 3 is 2.53 bits per heavy atom. The van der Waals surface area contributed by atoms with Gasteiger partial charge in [0.2, 0.25) is 0 Å². The molecule has 0 heterocycles. The number of carbonyl (C=O) groups is 1. The molecule has 0 N–H and O–H groups in total. The summed E-state index contributed by atoms with van der Waals surface area (Å²) >= 11 is 0. The fourth-order valence-corrected chi connectivity index (χ4v) is 1.19. The first-order chi connectivity index (χ1) is 7.27. The van der Waals surface area contributed by atoms with E-state index in [0.717, 1.165) is 5.56 Å². The first-order valence-corrected chi connectivity index (χ1v) is 4.70. The van der Waals surface area contributed by atoms with E-state index in [1.807, 2.05) is 43.3 Å². The number of carbonyl (C=O) groups excluding carboxylic acids is 1. The zero-order valence-electron chi connectivity index (χ0n) is 8.84. The van der Waals surface area contributed by atoms with E-state index in [1.165, 1.54) is 7.11 Å². The third-order valence-electron chi connectivity index (χ3n) is 1.89. The van der Waals surface area contributed by atoms with Gasteiger partial charge in [0.1, 0.15) is 6.10 Å². The molecule has 0 unspecified atom stereocenters. The summed E-state index contributed by atoms with van der Waals surface area (Å²) in [5.74, 6) is 0. The second kappa shape index (κ2) is 5.86. The maximum absolute atomic E-state index is 11.0. The molecule has 0 aromatic heterocycles. The van der Waals surface area contributed by atoms with E-state index in [9.17, 15) is 4.79 Å². The van der Waals surface area contributed by atoms with Gasteiger partial charge in [0.15, 0.2) is 0 Å². The minimum Gasteiger partial charge on any atom is -0.438 e. The molecule has 0 aliphatic rings. The van der Waals surface area contributed by atoms with E-state index in [0.29, 0.717) is 0 Å². The molecule has 0 radical (unpaired) electrons. The van der Waals surface area contributed by atoms with E-state index in [1.54, 1.807) is 6.08 Å². The van der Waals surface area contributed by atoms with Crippen molar-refractivity contribution in [3.8, 4) is 0 Å². The van der Waals surface area contributed by atoms with Crippen molar-refractivity contribution in [1.82, 2.24) is 0 Å². The predicted octanol–water partition coefficient (Wildman–Crippen LogP) is 3.09. The van der Waals surface area contributed by atoms with Crippen LogP contribution in [0.4, 0.5) is 4.79 Å². The van der Waals surface area contributed by atoms with Gasteiger partial charge in [-0.15, -0.1) is 0 Å². The van der Waals surface area contributed by atoms with Crippen LogP contribution in [0, 0.1) is 0 Å². The summed E-state index contributed by atoms with van der Waals surface area (Å²) in [6, 6.07) is 9.49. The highest BCUT2D eigenvalue weighted by Crippen LogP contribution is 2.19. The average molecular weight is 206 g/mol. The normalized spacial score (nSPS) is 12.4. The molecule has 3 heteroatoms. The fourth-order valence-electron chi connectivity index (χ4n) is 1.19. The highest BCUT2D eigenvalue weighted by atomic mass is 16.7. The molecule has 0 fully saturated rings. The van der Waals surface area contributed by atoms with E-state index < -0.39 is 6.16 Å². The van der Waals surface area contributed by atoms with Crippen LogP contribution in [0.1, 0.15) is 18.6 Å². The van der Waals surface area contributed by atoms with Crippen LogP contribution in [0.2, 0.25) is 0 Å². The molecule has 15 heavy (non-hydrogen) atoms. The van der Waals surface area contributed by atoms with Crippen LogP contribution in [-0.2, 0) is 9.47 Å². The van der Waals surface area contributed by atoms with Gasteiger partial charge in [-0.1, -0.05) is 36.4 Å². The van der Waals surface area contributed by atoms with Crippen molar-refractivity contribution in [3.63, 3.8) is 0 Å². The molecule has 80 valence electrons. The molecule has 0 saturated heterocycles. The summed E-state index contributed by atoms with van der Waals surface area (Å²) in [6.07, 6.45) is 2.57. The first kappa shape index (κ1) is 11.3. The topological polar surface area (TPSA) is 35.5 Å². The molecule has 1 aromatic carbocycles. The molecule has 3 nitrogen and oxygen atoms in total. The van der Waals surface area contributed by atoms with Gasteiger partial charge in [0.05, 0.1) is 7.11 Å². The van der Waals surface area contributed by atoms with Crippen LogP contribution in [0.3, 0.4) is 0 Å². The minimum absolute atomic E-state index is 0.386. The van der Waals surface area contributed by atoms with Crippen LogP contribution < -0.4 is 0 Å². The summed E-state index contributed by atoms with van der Waals surface area (Å²) in [5, 5.41) is 0. The molecule has 0 spiro atoms. The lowest BCUT2D eigenvalue weighted by molar-refractivity contribution is 0.0521. The number of benzene rings is 1. The second-order valence-corrected chi connectivity index (χ2v) is 2.93. The second-order valence-electron chi connectivity index (χ2n) is 2.93. The van der Waals surface area contributed by atoms with Gasteiger partial charge in [-0.25, -0.2) is 4.79 Å². The zero-order chi connectivity index (χ0) is 11.1. The van der Waals surface area contributed by atoms with Crippen LogP contribution in [0.15, 0.2) is 42.5 Å². The van der Waals surface area contributed by atoms with Crippen LogP contribution in [0.25, 0.3) is 0 Å². The van der Waals surface area contributed by atoms with E-state index in [2.05, 4.69) is 4.74 Å². The van der Waals surface area contributed by atoms with Gasteiger partial charge in [0, 0.05) is 0 Å². The molecule has 0 aliphatic heterocycles. The van der Waals surface area contributed by atoms with Crippen LogP contribution in [-0.4, -0.2) is 13.3 Å². The lowest BCUT2D eigenvalue weighted by Crippen LogP contribution is -2.09. The van der Waals surface area contributed by atoms with Crippen LogP contribution in [0.5, 0.6) is 0 Å². The number of hydrogen-bond acceptors (Lipinski definition) is 3. The molecule has 0 bridgehead atoms. The first-order valence-electron chi connectivity index (χ1n) is 4.70. The Bertz CT molecular complexity index is 330. The van der Waals surface area contributed by atoms with Gasteiger partial charge in [-0.05, 0) is 18.6 Å². The average Bonchev–Trinajstić information content (AvgIpc) is 2.29. The Labute approximate surface area is 89.3 Å². The molecule has 1 atom stereocenters. The number of ether oxygens (including phenoxy) is 2. The van der Waals surface area contributed by atoms with Crippen molar-refractivity contribution in [1.29, 1.82) is 0 Å². The standard InChI is InChI=1S/C12H14O3/c1-3-7-11(15-12(13)14-2)10-8-5-4-6-9-10/h3-9,11H,1-2H3/b7-3+/t11-/m0/s1. The maximum Gasteiger partial charge on any atom is 0.508 e. The molecule has 0 saturated carbocycles. The maximum atomic E-state index is 11.0. The SMILES string of the molecule is C/C=C/[C@H](OC(=O)OC)c1ccccc1. The molecule has 0 aliphatic carbocycles. The van der Waals surface area contributed by atoms with Crippen molar-refractivity contribution in [2.45, 2.75) is 13.0 Å².